The highest BCUT2D eigenvalue weighted by Crippen LogP contribution is 2.30. The molecular formula is C22H21F4N3O5S. The molecule has 1 aromatic carbocycles. The third kappa shape index (κ3) is 8.58. The number of benzene rings is 1. The Morgan fingerprint density at radius 1 is 1.26 bits per heavy atom. The Balaban J connectivity index is 2.15. The molecule has 2 rings (SSSR count). The van der Waals surface area contributed by atoms with Gasteiger partial charge in [0.15, 0.2) is 0 Å². The predicted molar refractivity (Wildman–Crippen MR) is 120 cm³/mol. The second-order valence-corrected chi connectivity index (χ2v) is 8.75. The molecule has 35 heavy (non-hydrogen) atoms. The van der Waals surface area contributed by atoms with Gasteiger partial charge in [0.1, 0.15) is 18.1 Å². The number of nitrogens with zero attached hydrogens (tertiary/aromatic N) is 1. The number of terminal acetylenes is 1. The molecule has 1 aromatic heterocycles. The number of methoxy groups -OCH3 is 1. The van der Waals surface area contributed by atoms with Crippen LogP contribution in [0.1, 0.15) is 22.4 Å². The Morgan fingerprint density at radius 3 is 2.57 bits per heavy atom. The summed E-state index contributed by atoms with van der Waals surface area (Å²) in [5, 5.41) is 2.46. The van der Waals surface area contributed by atoms with Crippen LogP contribution in [0, 0.1) is 18.2 Å². The molecule has 0 aliphatic heterocycles. The van der Waals surface area contributed by atoms with Gasteiger partial charge in [-0.15, -0.1) is 6.42 Å². The smallest absolute Gasteiger partial charge is 0.433 e. The Morgan fingerprint density at radius 2 is 1.97 bits per heavy atom. The number of carbonyl (C=O) groups is 1. The van der Waals surface area contributed by atoms with E-state index in [1.54, 1.807) is 0 Å². The number of nitrogens with one attached hydrogen (secondary N) is 2. The average Bonchev–Trinajstić information content (AvgIpc) is 2.76. The number of halogens is 4. The summed E-state index contributed by atoms with van der Waals surface area (Å²) in [7, 11) is -2.38. The summed E-state index contributed by atoms with van der Waals surface area (Å²) >= 11 is 0. The summed E-state index contributed by atoms with van der Waals surface area (Å²) in [6, 6.07) is 4.17. The van der Waals surface area contributed by atoms with Gasteiger partial charge in [0.2, 0.25) is 21.8 Å². The second-order valence-electron chi connectivity index (χ2n) is 7.00. The molecule has 1 heterocycles. The van der Waals surface area contributed by atoms with Crippen LogP contribution in [-0.4, -0.2) is 45.9 Å². The number of aromatic nitrogens is 1. The monoisotopic (exact) mass is 515 g/mol. The minimum atomic E-state index is -4.68. The molecule has 0 fully saturated rings. The van der Waals surface area contributed by atoms with Gasteiger partial charge >= 0.3 is 6.18 Å². The molecule has 188 valence electrons. The molecule has 0 saturated carbocycles. The molecule has 2 aromatic rings. The molecule has 0 spiro atoms. The van der Waals surface area contributed by atoms with Crippen molar-refractivity contribution in [2.45, 2.75) is 12.7 Å². The van der Waals surface area contributed by atoms with Crippen LogP contribution in [-0.2, 0) is 32.3 Å². The van der Waals surface area contributed by atoms with Crippen molar-refractivity contribution in [1.29, 1.82) is 0 Å². The molecule has 0 unspecified atom stereocenters. The standard InChI is InChI=1S/C22H21F4N3O5S/c1-4-15-11-14(12-17(23)20(15)29-35(3,31)32)13-27-19(30)8-6-16-5-7-18(22(24,25)26)28-21(16)34-10-9-33-2/h1,5-8,11-12,29H,9-10,13H2,2-3H3,(H,27,30)/b8-6-. The second kappa shape index (κ2) is 11.7. The number of rotatable bonds is 10. The third-order valence-electron chi connectivity index (χ3n) is 4.18. The summed E-state index contributed by atoms with van der Waals surface area (Å²) in [5.74, 6) is 0.245. The molecular weight excluding hydrogens is 494 g/mol. The number of hydrogen-bond donors (Lipinski definition) is 2. The summed E-state index contributed by atoms with van der Waals surface area (Å²) in [5.41, 5.74) is -1.26. The summed E-state index contributed by atoms with van der Waals surface area (Å²) in [4.78, 5) is 15.7. The van der Waals surface area contributed by atoms with Gasteiger partial charge in [-0.25, -0.2) is 17.8 Å². The lowest BCUT2D eigenvalue weighted by Crippen LogP contribution is -2.21. The van der Waals surface area contributed by atoms with E-state index in [4.69, 9.17) is 15.9 Å². The molecule has 0 saturated heterocycles. The van der Waals surface area contributed by atoms with Gasteiger partial charge < -0.3 is 14.8 Å². The van der Waals surface area contributed by atoms with Crippen molar-refractivity contribution in [3.63, 3.8) is 0 Å². The Hall–Kier alpha value is -3.63. The van der Waals surface area contributed by atoms with Crippen molar-refractivity contribution in [3.05, 3.63) is 58.5 Å². The highest BCUT2D eigenvalue weighted by atomic mass is 32.2. The lowest BCUT2D eigenvalue weighted by Gasteiger charge is -2.12. The number of pyridine rings is 1. The zero-order valence-corrected chi connectivity index (χ0v) is 19.4. The zero-order valence-electron chi connectivity index (χ0n) is 18.6. The SMILES string of the molecule is C#Cc1cc(CNC(=O)/C=C\c2ccc(C(F)(F)F)nc2OCCOC)cc(F)c1NS(C)(=O)=O. The van der Waals surface area contributed by atoms with Crippen molar-refractivity contribution < 1.29 is 40.2 Å². The van der Waals surface area contributed by atoms with E-state index >= 15 is 0 Å². The van der Waals surface area contributed by atoms with E-state index in [2.05, 4.69) is 16.2 Å². The molecule has 8 nitrogen and oxygen atoms in total. The minimum absolute atomic E-state index is 0.0644. The van der Waals surface area contributed by atoms with Gasteiger partial charge in [0.05, 0.1) is 24.1 Å². The molecule has 13 heteroatoms. The highest BCUT2D eigenvalue weighted by Gasteiger charge is 2.33. The molecule has 0 aliphatic rings. The number of sulfonamides is 1. The Bertz CT molecular complexity index is 1250. The fourth-order valence-electron chi connectivity index (χ4n) is 2.65. The summed E-state index contributed by atoms with van der Waals surface area (Å²) < 4.78 is 88.0. The maximum Gasteiger partial charge on any atom is 0.433 e. The molecule has 0 radical (unpaired) electrons. The van der Waals surface area contributed by atoms with Crippen LogP contribution < -0.4 is 14.8 Å². The number of hydrogen-bond acceptors (Lipinski definition) is 6. The van der Waals surface area contributed by atoms with Crippen molar-refractivity contribution in [2.75, 3.05) is 31.3 Å². The first-order chi connectivity index (χ1) is 16.3. The molecule has 2 N–H and O–H groups in total. The van der Waals surface area contributed by atoms with E-state index in [9.17, 15) is 30.8 Å². The van der Waals surface area contributed by atoms with E-state index in [0.717, 1.165) is 30.5 Å². The minimum Gasteiger partial charge on any atom is -0.475 e. The fraction of sp³-hybridized carbons (Fsp3) is 0.273. The van der Waals surface area contributed by atoms with Crippen molar-refractivity contribution in [3.8, 4) is 18.2 Å². The maximum absolute atomic E-state index is 14.4. The number of ether oxygens (including phenoxy) is 2. The number of anilines is 1. The lowest BCUT2D eigenvalue weighted by molar-refractivity contribution is -0.141. The highest BCUT2D eigenvalue weighted by molar-refractivity contribution is 7.92. The number of carbonyl (C=O) groups excluding carboxylic acids is 1. The molecule has 0 atom stereocenters. The van der Waals surface area contributed by atoms with Crippen LogP contribution in [0.25, 0.3) is 6.08 Å². The van der Waals surface area contributed by atoms with Crippen LogP contribution in [0.3, 0.4) is 0 Å². The zero-order chi connectivity index (χ0) is 26.2. The van der Waals surface area contributed by atoms with Crippen LogP contribution >= 0.6 is 0 Å². The average molecular weight is 515 g/mol. The molecule has 1 amide bonds. The summed E-state index contributed by atoms with van der Waals surface area (Å²) in [6.45, 7) is -0.127. The van der Waals surface area contributed by atoms with Crippen molar-refractivity contribution >= 4 is 27.7 Å². The van der Waals surface area contributed by atoms with E-state index in [1.807, 2.05) is 4.72 Å². The van der Waals surface area contributed by atoms with E-state index in [1.165, 1.54) is 19.3 Å². The maximum atomic E-state index is 14.4. The quantitative estimate of drug-likeness (QED) is 0.218. The van der Waals surface area contributed by atoms with Gasteiger partial charge in [0.25, 0.3) is 0 Å². The number of amides is 1. The van der Waals surface area contributed by atoms with Crippen LogP contribution in [0.2, 0.25) is 0 Å². The third-order valence-corrected chi connectivity index (χ3v) is 4.76. The topological polar surface area (TPSA) is 107 Å². The van der Waals surface area contributed by atoms with E-state index in [0.29, 0.717) is 0 Å². The van der Waals surface area contributed by atoms with Gasteiger partial charge in [-0.2, -0.15) is 13.2 Å². The van der Waals surface area contributed by atoms with E-state index < -0.39 is 33.6 Å². The van der Waals surface area contributed by atoms with Crippen LogP contribution in [0.15, 0.2) is 30.3 Å². The predicted octanol–water partition coefficient (Wildman–Crippen LogP) is 2.95. The van der Waals surface area contributed by atoms with Crippen molar-refractivity contribution in [2.24, 2.45) is 0 Å². The van der Waals surface area contributed by atoms with Crippen LogP contribution in [0.4, 0.5) is 23.2 Å². The first-order valence-electron chi connectivity index (χ1n) is 9.76. The van der Waals surface area contributed by atoms with E-state index in [-0.39, 0.29) is 48.0 Å². The lowest BCUT2D eigenvalue weighted by atomic mass is 10.1. The first-order valence-corrected chi connectivity index (χ1v) is 11.7. The van der Waals surface area contributed by atoms with Crippen LogP contribution in [0.5, 0.6) is 5.88 Å². The Kier molecular flexibility index (Phi) is 9.21. The first kappa shape index (κ1) is 27.6. The molecule has 0 bridgehead atoms. The molecule has 0 aliphatic carbocycles. The Labute approximate surface area is 199 Å². The van der Waals surface area contributed by atoms with Gasteiger partial charge in [0, 0.05) is 25.3 Å². The van der Waals surface area contributed by atoms with Gasteiger partial charge in [-0.05, 0) is 35.9 Å². The van der Waals surface area contributed by atoms with Gasteiger partial charge in [-0.3, -0.25) is 9.52 Å². The fourth-order valence-corrected chi connectivity index (χ4v) is 3.23. The largest absolute Gasteiger partial charge is 0.475 e. The summed E-state index contributed by atoms with van der Waals surface area (Å²) in [6.07, 6.45) is 3.72. The van der Waals surface area contributed by atoms with Gasteiger partial charge in [-0.1, -0.05) is 5.92 Å². The number of alkyl halides is 3. The van der Waals surface area contributed by atoms with Crippen molar-refractivity contribution in [1.82, 2.24) is 10.3 Å². The normalized spacial score (nSPS) is 11.8.